The van der Waals surface area contributed by atoms with E-state index in [0.717, 1.165) is 24.1 Å². The molecule has 0 aromatic heterocycles. The van der Waals surface area contributed by atoms with Gasteiger partial charge in [-0.25, -0.2) is 0 Å². The average Bonchev–Trinajstić information content (AvgIpc) is 2.60. The van der Waals surface area contributed by atoms with Crippen LogP contribution in [-0.2, 0) is 24.1 Å². The average molecular weight is 346 g/mol. The molecule has 1 amide bonds. The number of methoxy groups -OCH3 is 1. The third-order valence-corrected chi connectivity index (χ3v) is 4.42. The number of halogens is 1. The van der Waals surface area contributed by atoms with Crippen molar-refractivity contribution in [1.82, 2.24) is 0 Å². The van der Waals surface area contributed by atoms with Gasteiger partial charge in [-0.2, -0.15) is 0 Å². The van der Waals surface area contributed by atoms with Gasteiger partial charge < -0.3 is 10.1 Å². The number of ether oxygens (including phenoxy) is 1. The summed E-state index contributed by atoms with van der Waals surface area (Å²) in [6, 6.07) is 11.8. The van der Waals surface area contributed by atoms with E-state index in [1.54, 1.807) is 7.11 Å². The number of hydrogen-bond donors (Lipinski definition) is 1. The first kappa shape index (κ1) is 18.3. The second kappa shape index (κ2) is 8.74. The Morgan fingerprint density at radius 3 is 2.33 bits per heavy atom. The molecule has 0 spiro atoms. The monoisotopic (exact) mass is 345 g/mol. The van der Waals surface area contributed by atoms with E-state index >= 15 is 0 Å². The zero-order valence-electron chi connectivity index (χ0n) is 14.5. The van der Waals surface area contributed by atoms with E-state index in [0.29, 0.717) is 23.6 Å². The van der Waals surface area contributed by atoms with Gasteiger partial charge in [-0.05, 0) is 48.1 Å². The lowest BCUT2D eigenvalue weighted by molar-refractivity contribution is -0.116. The number of carbonyl (C=O) groups is 1. The quantitative estimate of drug-likeness (QED) is 0.763. The number of para-hydroxylation sites is 1. The van der Waals surface area contributed by atoms with E-state index in [1.807, 2.05) is 24.3 Å². The lowest BCUT2D eigenvalue weighted by atomic mass is 10.0. The van der Waals surface area contributed by atoms with Crippen molar-refractivity contribution in [3.05, 3.63) is 58.1 Å². The summed E-state index contributed by atoms with van der Waals surface area (Å²) in [6.45, 7) is 4.20. The Bertz CT molecular complexity index is 691. The first-order chi connectivity index (χ1) is 11.6. The van der Waals surface area contributed by atoms with Gasteiger partial charge >= 0.3 is 0 Å². The summed E-state index contributed by atoms with van der Waals surface area (Å²) in [5.74, 6) is 0.673. The van der Waals surface area contributed by atoms with Crippen molar-refractivity contribution in [3.8, 4) is 5.75 Å². The Kier molecular flexibility index (Phi) is 6.68. The van der Waals surface area contributed by atoms with Crippen molar-refractivity contribution >= 4 is 23.2 Å². The molecule has 0 unspecified atom stereocenters. The number of nitrogens with one attached hydrogen (secondary N) is 1. The van der Waals surface area contributed by atoms with Crippen LogP contribution < -0.4 is 10.1 Å². The maximum atomic E-state index is 12.4. The zero-order valence-corrected chi connectivity index (χ0v) is 15.2. The van der Waals surface area contributed by atoms with Gasteiger partial charge in [0, 0.05) is 12.1 Å². The molecule has 2 rings (SSSR count). The molecule has 2 aromatic rings. The van der Waals surface area contributed by atoms with Crippen LogP contribution in [0.1, 0.15) is 37.0 Å². The van der Waals surface area contributed by atoms with Crippen molar-refractivity contribution in [3.63, 3.8) is 0 Å². The Morgan fingerprint density at radius 1 is 1.12 bits per heavy atom. The van der Waals surface area contributed by atoms with E-state index in [-0.39, 0.29) is 5.91 Å². The maximum absolute atomic E-state index is 12.4. The molecule has 0 bridgehead atoms. The van der Waals surface area contributed by atoms with E-state index < -0.39 is 0 Å². The number of carbonyl (C=O) groups excluding carboxylic acids is 1. The Labute approximate surface area is 149 Å². The molecule has 0 saturated carbocycles. The molecule has 0 heterocycles. The summed E-state index contributed by atoms with van der Waals surface area (Å²) in [5, 5.41) is 3.66. The minimum atomic E-state index is 0.0255. The van der Waals surface area contributed by atoms with Crippen LogP contribution in [-0.4, -0.2) is 13.0 Å². The van der Waals surface area contributed by atoms with Gasteiger partial charge in [-0.3, -0.25) is 4.79 Å². The lowest BCUT2D eigenvalue weighted by Crippen LogP contribution is -2.15. The van der Waals surface area contributed by atoms with E-state index in [4.69, 9.17) is 16.3 Å². The predicted molar refractivity (Wildman–Crippen MR) is 100 cm³/mol. The molecule has 1 N–H and O–H groups in total. The number of benzene rings is 2. The van der Waals surface area contributed by atoms with Gasteiger partial charge in [-0.15, -0.1) is 0 Å². The van der Waals surface area contributed by atoms with Crippen LogP contribution >= 0.6 is 11.6 Å². The third kappa shape index (κ3) is 4.51. The molecule has 0 radical (unpaired) electrons. The second-order valence-corrected chi connectivity index (χ2v) is 6.08. The Hall–Kier alpha value is -2.00. The molecule has 24 heavy (non-hydrogen) atoms. The van der Waals surface area contributed by atoms with Gasteiger partial charge in [-0.1, -0.05) is 49.7 Å². The highest BCUT2D eigenvalue weighted by Gasteiger charge is 2.10. The Balaban J connectivity index is 2.03. The second-order valence-electron chi connectivity index (χ2n) is 5.68. The lowest BCUT2D eigenvalue weighted by Gasteiger charge is -2.14. The molecule has 0 aliphatic carbocycles. The zero-order chi connectivity index (χ0) is 17.5. The maximum Gasteiger partial charge on any atom is 0.224 e. The van der Waals surface area contributed by atoms with E-state index in [2.05, 4.69) is 31.3 Å². The summed E-state index contributed by atoms with van der Waals surface area (Å²) in [4.78, 5) is 12.4. The summed E-state index contributed by atoms with van der Waals surface area (Å²) >= 11 is 6.13. The molecule has 0 aliphatic rings. The smallest absolute Gasteiger partial charge is 0.224 e. The van der Waals surface area contributed by atoms with Crippen molar-refractivity contribution in [2.75, 3.05) is 12.4 Å². The highest BCUT2D eigenvalue weighted by Crippen LogP contribution is 2.26. The predicted octanol–water partition coefficient (Wildman–Crippen LogP) is 5.04. The fourth-order valence-electron chi connectivity index (χ4n) is 2.73. The molecular formula is C20H24ClNO2. The third-order valence-electron chi connectivity index (χ3n) is 4.12. The van der Waals surface area contributed by atoms with Crippen LogP contribution in [0.3, 0.4) is 0 Å². The molecule has 2 aromatic carbocycles. The van der Waals surface area contributed by atoms with Crippen molar-refractivity contribution < 1.29 is 9.53 Å². The summed E-state index contributed by atoms with van der Waals surface area (Å²) in [6.07, 6.45) is 2.87. The largest absolute Gasteiger partial charge is 0.495 e. The van der Waals surface area contributed by atoms with Crippen LogP contribution in [0.15, 0.2) is 36.4 Å². The summed E-state index contributed by atoms with van der Waals surface area (Å²) in [7, 11) is 1.59. The van der Waals surface area contributed by atoms with Gasteiger partial charge in [0.15, 0.2) is 0 Å². The standard InChI is InChI=1S/C20H24ClNO2/c1-4-15-7-6-8-16(5-2)20(15)22-19(23)12-10-14-9-11-18(24-3)17(21)13-14/h6-9,11,13H,4-5,10,12H2,1-3H3,(H,22,23). The fourth-order valence-corrected chi connectivity index (χ4v) is 3.01. The van der Waals surface area contributed by atoms with Crippen LogP contribution in [0.2, 0.25) is 5.02 Å². The fraction of sp³-hybridized carbons (Fsp3) is 0.350. The first-order valence-corrected chi connectivity index (χ1v) is 8.69. The Morgan fingerprint density at radius 2 is 1.79 bits per heavy atom. The summed E-state index contributed by atoms with van der Waals surface area (Å²) < 4.78 is 5.14. The minimum Gasteiger partial charge on any atom is -0.495 e. The normalized spacial score (nSPS) is 10.5. The van der Waals surface area contributed by atoms with Gasteiger partial charge in [0.2, 0.25) is 5.91 Å². The molecule has 128 valence electrons. The SMILES string of the molecule is CCc1cccc(CC)c1NC(=O)CCc1ccc(OC)c(Cl)c1. The highest BCUT2D eigenvalue weighted by molar-refractivity contribution is 6.32. The van der Waals surface area contributed by atoms with Gasteiger partial charge in [0.1, 0.15) is 5.75 Å². The number of hydrogen-bond acceptors (Lipinski definition) is 2. The molecule has 3 nitrogen and oxygen atoms in total. The van der Waals surface area contributed by atoms with Crippen LogP contribution in [0.5, 0.6) is 5.75 Å². The van der Waals surface area contributed by atoms with E-state index in [1.165, 1.54) is 11.1 Å². The molecule has 4 heteroatoms. The van der Waals surface area contributed by atoms with Crippen molar-refractivity contribution in [1.29, 1.82) is 0 Å². The van der Waals surface area contributed by atoms with Crippen molar-refractivity contribution in [2.45, 2.75) is 39.5 Å². The van der Waals surface area contributed by atoms with E-state index in [9.17, 15) is 4.79 Å². The molecule has 0 aliphatic heterocycles. The minimum absolute atomic E-state index is 0.0255. The summed E-state index contributed by atoms with van der Waals surface area (Å²) in [5.41, 5.74) is 4.35. The molecule has 0 saturated heterocycles. The number of aryl methyl sites for hydroxylation is 3. The number of rotatable bonds is 7. The number of anilines is 1. The molecular weight excluding hydrogens is 322 g/mol. The molecule has 0 atom stereocenters. The van der Waals surface area contributed by atoms with Crippen LogP contribution in [0.4, 0.5) is 5.69 Å². The topological polar surface area (TPSA) is 38.3 Å². The number of amides is 1. The van der Waals surface area contributed by atoms with Gasteiger partial charge in [0.05, 0.1) is 12.1 Å². The van der Waals surface area contributed by atoms with Crippen LogP contribution in [0, 0.1) is 0 Å². The molecule has 0 fully saturated rings. The van der Waals surface area contributed by atoms with Crippen molar-refractivity contribution in [2.24, 2.45) is 0 Å². The van der Waals surface area contributed by atoms with Gasteiger partial charge in [0.25, 0.3) is 0 Å². The highest BCUT2D eigenvalue weighted by atomic mass is 35.5. The first-order valence-electron chi connectivity index (χ1n) is 8.32. The van der Waals surface area contributed by atoms with Crippen LogP contribution in [0.25, 0.3) is 0 Å².